The van der Waals surface area contributed by atoms with Gasteiger partial charge in [-0.3, -0.25) is 19.7 Å². The molecule has 2 aromatic rings. The van der Waals surface area contributed by atoms with Crippen molar-refractivity contribution in [3.05, 3.63) is 59.9 Å². The lowest BCUT2D eigenvalue weighted by atomic mass is 9.78. The van der Waals surface area contributed by atoms with Crippen LogP contribution in [0.1, 0.15) is 64.4 Å². The van der Waals surface area contributed by atoms with Gasteiger partial charge in [0.25, 0.3) is 11.7 Å². The van der Waals surface area contributed by atoms with Gasteiger partial charge < -0.3 is 54.5 Å². The number of ether oxygens (including phenoxy) is 5. The molecule has 0 saturated heterocycles. The van der Waals surface area contributed by atoms with Gasteiger partial charge in [-0.1, -0.05) is 58.6 Å². The maximum atomic E-state index is 14.3. The van der Waals surface area contributed by atoms with Gasteiger partial charge in [0.1, 0.15) is 41.3 Å². The average molecular weight is 797 g/mol. The number of carbonyl (C=O) groups is 4. The lowest BCUT2D eigenvalue weighted by molar-refractivity contribution is -0.160. The number of ketones is 1. The van der Waals surface area contributed by atoms with Gasteiger partial charge in [-0.05, 0) is 19.9 Å². The molecule has 0 radical (unpaired) electrons. The number of esters is 1. The van der Waals surface area contributed by atoms with Gasteiger partial charge in [-0.25, -0.2) is 4.79 Å². The summed E-state index contributed by atoms with van der Waals surface area (Å²) in [5.74, 6) is -9.52. The number of allylic oxidation sites excluding steroid dienone is 2. The molecule has 0 aliphatic carbocycles. The van der Waals surface area contributed by atoms with E-state index in [0.29, 0.717) is 0 Å². The smallest absolute Gasteiger partial charge is 0.412 e. The third-order valence-corrected chi connectivity index (χ3v) is 10.6. The predicted molar refractivity (Wildman–Crippen MR) is 209 cm³/mol. The van der Waals surface area contributed by atoms with E-state index >= 15 is 0 Å². The predicted octanol–water partition coefficient (Wildman–Crippen LogP) is 5.49. The number of methoxy groups -OCH3 is 1. The number of phenols is 3. The zero-order valence-electron chi connectivity index (χ0n) is 33.4. The molecule has 0 spiro atoms. The van der Waals surface area contributed by atoms with Crippen molar-refractivity contribution in [2.75, 3.05) is 24.4 Å². The van der Waals surface area contributed by atoms with Crippen LogP contribution in [0, 0.1) is 30.6 Å². The number of hydrogen-bond donors (Lipinski definition) is 7. The number of aliphatic hydroxyl groups excluding tert-OH is 2. The number of Topliss-reactive ketones (excluding diaryl/α,β-unsaturated/α-hetero) is 1. The molecule has 16 nitrogen and oxygen atoms in total. The second kappa shape index (κ2) is 17.7. The summed E-state index contributed by atoms with van der Waals surface area (Å²) in [6, 6.07) is 0. The lowest BCUT2D eigenvalue weighted by Crippen LogP contribution is -2.46. The van der Waals surface area contributed by atoms with Crippen LogP contribution in [0.4, 0.5) is 16.2 Å². The van der Waals surface area contributed by atoms with E-state index in [1.54, 1.807) is 33.8 Å². The minimum atomic E-state index is -2.12. The normalized spacial score (nSPS) is 30.3. The van der Waals surface area contributed by atoms with Crippen LogP contribution in [-0.2, 0) is 28.5 Å². The van der Waals surface area contributed by atoms with Crippen molar-refractivity contribution in [2.45, 2.75) is 85.6 Å². The lowest BCUT2D eigenvalue weighted by Gasteiger charge is -2.38. The van der Waals surface area contributed by atoms with E-state index in [2.05, 4.69) is 17.2 Å². The summed E-state index contributed by atoms with van der Waals surface area (Å²) in [4.78, 5) is 52.9. The van der Waals surface area contributed by atoms with Crippen LogP contribution in [0.25, 0.3) is 10.8 Å². The number of nitrogens with one attached hydrogen (secondary N) is 2. The Labute approximate surface area is 330 Å². The fourth-order valence-corrected chi connectivity index (χ4v) is 7.12. The summed E-state index contributed by atoms with van der Waals surface area (Å²) in [5, 5.41) is 61.6. The Kier molecular flexibility index (Phi) is 13.7. The van der Waals surface area contributed by atoms with E-state index < -0.39 is 117 Å². The molecule has 0 fully saturated rings. The van der Waals surface area contributed by atoms with Gasteiger partial charge in [0.05, 0.1) is 35.5 Å². The topological polar surface area (TPSA) is 240 Å². The largest absolute Gasteiger partial charge is 0.507 e. The molecule has 5 bridgehead atoms. The molecule has 7 N–H and O–H groups in total. The summed E-state index contributed by atoms with van der Waals surface area (Å²) in [6.07, 6.45) is 3.25. The van der Waals surface area contributed by atoms with Crippen LogP contribution < -0.4 is 15.4 Å². The first-order valence-electron chi connectivity index (χ1n) is 18.3. The zero-order chi connectivity index (χ0) is 42.7. The Morgan fingerprint density at radius 3 is 2.26 bits per heavy atom. The molecule has 0 saturated carbocycles. The van der Waals surface area contributed by atoms with Gasteiger partial charge in [0, 0.05) is 61.2 Å². The number of aliphatic hydroxyl groups is 2. The molecular formula is C41H52N2O14. The molecule has 3 aliphatic heterocycles. The van der Waals surface area contributed by atoms with Crippen molar-refractivity contribution >= 4 is 45.9 Å². The quantitative estimate of drug-likeness (QED) is 0.0858. The molecule has 57 heavy (non-hydrogen) atoms. The number of rotatable bonds is 5. The molecule has 0 unspecified atom stereocenters. The number of anilines is 2. The summed E-state index contributed by atoms with van der Waals surface area (Å²) >= 11 is 0. The Balaban J connectivity index is 1.97. The summed E-state index contributed by atoms with van der Waals surface area (Å²) in [5.41, 5.74) is -1.40. The van der Waals surface area contributed by atoms with Crippen molar-refractivity contribution in [1.82, 2.24) is 0 Å². The third-order valence-electron chi connectivity index (χ3n) is 10.6. The van der Waals surface area contributed by atoms with Crippen LogP contribution in [0.15, 0.2) is 48.8 Å². The first-order valence-corrected chi connectivity index (χ1v) is 18.3. The standard InChI is InChI=1S/C41H52N2O14/c1-11-16-54-40(52)43-30-29-35(49)27-26(34(30)48)28-37(23(7)33(27)47)57-41(9,38(28)50)55-17-15-25(53-10)20(4)36(56-24(8)44)22(6)32(46)21(5)31(45)18(2)13-12-14-19(3)39(51)42-29/h11-15,17-18,20-22,25,31-32,36,45-49H,1,16H2,2-10H3,(H,42,51)(H,43,52)/b13-12+,17-15+,19-14-/t18-,20+,21+,22+,25-,31-,32+,36+,41-/m0/s1. The van der Waals surface area contributed by atoms with Crippen molar-refractivity contribution < 1.29 is 68.4 Å². The maximum absolute atomic E-state index is 14.3. The Morgan fingerprint density at radius 2 is 1.65 bits per heavy atom. The third kappa shape index (κ3) is 8.72. The highest BCUT2D eigenvalue weighted by Gasteiger charge is 2.50. The highest BCUT2D eigenvalue weighted by atomic mass is 16.7. The number of aromatic hydroxyl groups is 3. The van der Waals surface area contributed by atoms with Gasteiger partial charge >= 0.3 is 17.8 Å². The van der Waals surface area contributed by atoms with Gasteiger partial charge in [0.2, 0.25) is 0 Å². The van der Waals surface area contributed by atoms with E-state index in [-0.39, 0.29) is 29.1 Å². The molecule has 2 amide bonds. The molecule has 16 heteroatoms. The number of benzene rings is 2. The SMILES string of the molecule is C=CCOC(=O)Nc1c2c(O)c3c(O)c(C)c4c(c3c1O)C(=O)[C@@](C)(O/C=C/[C@H](OC)[C@@H](C)[C@@H](OC(C)=O)[C@H](C)[C@H](O)[C@H](C)[C@@H](O)[C@@H](C)/C=C/C=C(/C)C(=O)N2)O4. The number of carbonyl (C=O) groups excluding carboxylic acids is 4. The van der Waals surface area contributed by atoms with Crippen molar-refractivity contribution in [1.29, 1.82) is 0 Å². The molecule has 3 aliphatic rings. The highest BCUT2D eigenvalue weighted by molar-refractivity contribution is 6.24. The number of amides is 2. The maximum Gasteiger partial charge on any atom is 0.412 e. The molecule has 3 heterocycles. The van der Waals surface area contributed by atoms with E-state index in [1.165, 1.54) is 59.1 Å². The van der Waals surface area contributed by atoms with E-state index in [0.717, 1.165) is 6.26 Å². The van der Waals surface area contributed by atoms with E-state index in [9.17, 15) is 44.7 Å². The van der Waals surface area contributed by atoms with Crippen molar-refractivity contribution in [2.24, 2.45) is 23.7 Å². The summed E-state index contributed by atoms with van der Waals surface area (Å²) < 4.78 is 28.3. The first kappa shape index (κ1) is 44.1. The van der Waals surface area contributed by atoms with Crippen LogP contribution in [-0.4, -0.2) is 93.2 Å². The van der Waals surface area contributed by atoms with Crippen LogP contribution in [0.2, 0.25) is 0 Å². The number of phenolic OH excluding ortho intramolecular Hbond substituents is 3. The summed E-state index contributed by atoms with van der Waals surface area (Å²) in [6.45, 7) is 15.4. The van der Waals surface area contributed by atoms with E-state index in [1.807, 2.05) is 0 Å². The second-order valence-electron chi connectivity index (χ2n) is 14.6. The number of hydrogen-bond acceptors (Lipinski definition) is 14. The van der Waals surface area contributed by atoms with Crippen LogP contribution in [0.3, 0.4) is 0 Å². The number of fused-ring (bicyclic) bond motifs is 14. The monoisotopic (exact) mass is 796 g/mol. The van der Waals surface area contributed by atoms with Crippen LogP contribution in [0.5, 0.6) is 23.0 Å². The van der Waals surface area contributed by atoms with Crippen molar-refractivity contribution in [3.8, 4) is 23.0 Å². The zero-order valence-corrected chi connectivity index (χ0v) is 33.4. The molecule has 9 atom stereocenters. The fourth-order valence-electron chi connectivity index (χ4n) is 7.12. The fraction of sp³-hybridized carbons (Fsp3) is 0.463. The Hall–Kier alpha value is -5.58. The van der Waals surface area contributed by atoms with Crippen molar-refractivity contribution in [3.63, 3.8) is 0 Å². The molecule has 2 aromatic carbocycles. The van der Waals surface area contributed by atoms with Gasteiger partial charge in [-0.15, -0.1) is 0 Å². The molecule has 0 aromatic heterocycles. The average Bonchev–Trinajstić information content (AvgIpc) is 3.43. The Bertz CT molecular complexity index is 2020. The van der Waals surface area contributed by atoms with Crippen LogP contribution >= 0.6 is 0 Å². The minimum absolute atomic E-state index is 0.0299. The highest BCUT2D eigenvalue weighted by Crippen LogP contribution is 2.57. The van der Waals surface area contributed by atoms with Gasteiger partial charge in [0.15, 0.2) is 5.75 Å². The van der Waals surface area contributed by atoms with Gasteiger partial charge in [-0.2, -0.15) is 0 Å². The second-order valence-corrected chi connectivity index (χ2v) is 14.6. The first-order chi connectivity index (χ1) is 26.7. The summed E-state index contributed by atoms with van der Waals surface area (Å²) in [7, 11) is 1.40. The van der Waals surface area contributed by atoms with E-state index in [4.69, 9.17) is 23.7 Å². The Morgan fingerprint density at radius 1 is 0.982 bits per heavy atom. The molecular weight excluding hydrogens is 744 g/mol. The molecule has 5 rings (SSSR count). The minimum Gasteiger partial charge on any atom is -0.507 e. The molecule has 310 valence electrons.